The first kappa shape index (κ1) is 18.6. The van der Waals surface area contributed by atoms with Crippen molar-refractivity contribution < 1.29 is 19.0 Å². The standard InChI is InChI=1S/C23H25NO4/c1-14(2)22-21(25)20-15(3)11-19-18(23(20)28-22)12-24(13-27-19)10-9-16-5-7-17(26-4)8-6-16/h5-8,11H,9-10,12-13H2,1-4H3. The Morgan fingerprint density at radius 2 is 1.96 bits per heavy atom. The number of hydrogen-bond acceptors (Lipinski definition) is 5. The first-order valence-electron chi connectivity index (χ1n) is 9.52. The van der Waals surface area contributed by atoms with Crippen LogP contribution in [0.1, 0.15) is 40.9 Å². The van der Waals surface area contributed by atoms with Crippen LogP contribution in [0.3, 0.4) is 0 Å². The molecule has 2 heterocycles. The van der Waals surface area contributed by atoms with Crippen LogP contribution in [0.4, 0.5) is 0 Å². The Kier molecular flexibility index (Phi) is 4.85. The van der Waals surface area contributed by atoms with Gasteiger partial charge in [-0.25, -0.2) is 0 Å². The second-order valence-electron chi connectivity index (χ2n) is 7.56. The summed E-state index contributed by atoms with van der Waals surface area (Å²) < 4.78 is 17.2. The molecular weight excluding hydrogens is 354 g/mol. The number of rotatable bonds is 4. The number of ether oxygens (including phenoxy) is 3. The number of carbonyl (C=O) groups is 1. The van der Waals surface area contributed by atoms with Gasteiger partial charge in [-0.1, -0.05) is 12.1 Å². The van der Waals surface area contributed by atoms with Crippen molar-refractivity contribution in [2.45, 2.75) is 33.7 Å². The largest absolute Gasteiger partial charge is 0.497 e. The molecule has 0 fully saturated rings. The van der Waals surface area contributed by atoms with Gasteiger partial charge in [0.15, 0.2) is 5.76 Å². The molecule has 4 rings (SSSR count). The summed E-state index contributed by atoms with van der Waals surface area (Å²) in [6.45, 7) is 7.84. The molecule has 0 atom stereocenters. The first-order chi connectivity index (χ1) is 13.5. The van der Waals surface area contributed by atoms with Crippen LogP contribution in [0.2, 0.25) is 0 Å². The van der Waals surface area contributed by atoms with Crippen molar-refractivity contribution in [2.75, 3.05) is 20.4 Å². The van der Waals surface area contributed by atoms with Crippen molar-refractivity contribution in [3.63, 3.8) is 0 Å². The van der Waals surface area contributed by atoms with Crippen LogP contribution in [0.25, 0.3) is 0 Å². The Labute approximate surface area is 165 Å². The second-order valence-corrected chi connectivity index (χ2v) is 7.56. The molecule has 0 unspecified atom stereocenters. The van der Waals surface area contributed by atoms with Crippen LogP contribution in [0.15, 0.2) is 41.7 Å². The molecule has 0 bridgehead atoms. The zero-order chi connectivity index (χ0) is 19.8. The minimum Gasteiger partial charge on any atom is -0.497 e. The zero-order valence-electron chi connectivity index (χ0n) is 16.8. The quantitative estimate of drug-likeness (QED) is 0.743. The summed E-state index contributed by atoms with van der Waals surface area (Å²) in [5.41, 5.74) is 4.69. The number of carbonyl (C=O) groups excluding carboxylic acids is 1. The molecule has 2 aromatic carbocycles. The normalized spacial score (nSPS) is 15.6. The minimum absolute atomic E-state index is 0.0225. The lowest BCUT2D eigenvalue weighted by atomic mass is 9.98. The monoisotopic (exact) mass is 379 g/mol. The molecule has 2 aromatic rings. The molecule has 0 aliphatic carbocycles. The summed E-state index contributed by atoms with van der Waals surface area (Å²) in [5.74, 6) is 2.78. The summed E-state index contributed by atoms with van der Waals surface area (Å²) >= 11 is 0. The van der Waals surface area contributed by atoms with Gasteiger partial charge in [0.2, 0.25) is 5.78 Å². The van der Waals surface area contributed by atoms with Crippen LogP contribution in [-0.4, -0.2) is 31.1 Å². The van der Waals surface area contributed by atoms with Gasteiger partial charge in [-0.05, 0) is 62.1 Å². The summed E-state index contributed by atoms with van der Waals surface area (Å²) in [6, 6.07) is 10.1. The number of ketones is 1. The van der Waals surface area contributed by atoms with E-state index in [1.54, 1.807) is 7.11 Å². The topological polar surface area (TPSA) is 48.0 Å². The fraction of sp³-hybridized carbons (Fsp3) is 0.348. The Hall–Kier alpha value is -2.79. The number of Topliss-reactive ketones (excluding diaryl/α,β-unsaturated/α-hetero) is 1. The molecule has 0 amide bonds. The highest BCUT2D eigenvalue weighted by Gasteiger charge is 2.35. The zero-order valence-corrected chi connectivity index (χ0v) is 16.8. The molecule has 0 aromatic heterocycles. The van der Waals surface area contributed by atoms with E-state index in [9.17, 15) is 4.79 Å². The molecule has 0 saturated heterocycles. The van der Waals surface area contributed by atoms with Gasteiger partial charge in [0.1, 0.15) is 24.0 Å². The van der Waals surface area contributed by atoms with E-state index < -0.39 is 0 Å². The van der Waals surface area contributed by atoms with Gasteiger partial charge >= 0.3 is 0 Å². The van der Waals surface area contributed by atoms with Crippen LogP contribution in [0.5, 0.6) is 17.2 Å². The third kappa shape index (κ3) is 3.27. The van der Waals surface area contributed by atoms with Crippen molar-refractivity contribution in [1.29, 1.82) is 0 Å². The highest BCUT2D eigenvalue weighted by atomic mass is 16.5. The molecule has 2 aliphatic rings. The Bertz CT molecular complexity index is 956. The third-order valence-corrected chi connectivity index (χ3v) is 5.29. The molecule has 5 heteroatoms. The number of allylic oxidation sites excluding steroid dienone is 2. The predicted octanol–water partition coefficient (Wildman–Crippen LogP) is 4.27. The van der Waals surface area contributed by atoms with Crippen molar-refractivity contribution in [3.8, 4) is 17.2 Å². The van der Waals surface area contributed by atoms with E-state index in [4.69, 9.17) is 14.2 Å². The van der Waals surface area contributed by atoms with Gasteiger partial charge in [0.05, 0.1) is 18.2 Å². The van der Waals surface area contributed by atoms with Gasteiger partial charge in [-0.2, -0.15) is 0 Å². The minimum atomic E-state index is -0.0225. The highest BCUT2D eigenvalue weighted by Crippen LogP contribution is 2.44. The maximum Gasteiger partial charge on any atom is 0.232 e. The molecule has 0 N–H and O–H groups in total. The van der Waals surface area contributed by atoms with Gasteiger partial charge in [-0.15, -0.1) is 0 Å². The molecule has 0 saturated carbocycles. The second kappa shape index (κ2) is 7.32. The van der Waals surface area contributed by atoms with E-state index in [1.165, 1.54) is 5.56 Å². The number of fused-ring (bicyclic) bond motifs is 3. The van der Waals surface area contributed by atoms with E-state index in [2.05, 4.69) is 17.0 Å². The maximum absolute atomic E-state index is 12.7. The molecular formula is C23H25NO4. The van der Waals surface area contributed by atoms with Crippen LogP contribution >= 0.6 is 0 Å². The third-order valence-electron chi connectivity index (χ3n) is 5.29. The average molecular weight is 379 g/mol. The summed E-state index contributed by atoms with van der Waals surface area (Å²) in [4.78, 5) is 15.0. The lowest BCUT2D eigenvalue weighted by Gasteiger charge is -2.30. The maximum atomic E-state index is 12.7. The number of aryl methyl sites for hydroxylation is 1. The highest BCUT2D eigenvalue weighted by molar-refractivity contribution is 6.14. The molecule has 146 valence electrons. The van der Waals surface area contributed by atoms with Crippen molar-refractivity contribution in [1.82, 2.24) is 4.90 Å². The summed E-state index contributed by atoms with van der Waals surface area (Å²) in [5, 5.41) is 0. The van der Waals surface area contributed by atoms with Crippen LogP contribution in [-0.2, 0) is 13.0 Å². The Balaban J connectivity index is 1.54. The number of nitrogens with zero attached hydrogens (tertiary/aromatic N) is 1. The lowest BCUT2D eigenvalue weighted by Crippen LogP contribution is -2.33. The van der Waals surface area contributed by atoms with E-state index in [0.29, 0.717) is 30.3 Å². The molecule has 2 aliphatic heterocycles. The van der Waals surface area contributed by atoms with Gasteiger partial charge in [0.25, 0.3) is 0 Å². The molecule has 0 spiro atoms. The van der Waals surface area contributed by atoms with E-state index in [1.807, 2.05) is 39.0 Å². The molecule has 5 nitrogen and oxygen atoms in total. The van der Waals surface area contributed by atoms with Gasteiger partial charge in [0, 0.05) is 13.1 Å². The number of hydrogen-bond donors (Lipinski definition) is 0. The van der Waals surface area contributed by atoms with Gasteiger partial charge in [-0.3, -0.25) is 9.69 Å². The lowest BCUT2D eigenvalue weighted by molar-refractivity contribution is 0.0948. The van der Waals surface area contributed by atoms with E-state index in [0.717, 1.165) is 41.2 Å². The van der Waals surface area contributed by atoms with Gasteiger partial charge < -0.3 is 14.2 Å². The number of benzene rings is 2. The average Bonchev–Trinajstić information content (AvgIpc) is 3.05. The SMILES string of the molecule is COc1ccc(CCN2COc3cc(C)c4c(c3C2)OC(=C(C)C)C4=O)cc1. The van der Waals surface area contributed by atoms with E-state index in [-0.39, 0.29) is 5.78 Å². The predicted molar refractivity (Wildman–Crippen MR) is 107 cm³/mol. The van der Waals surface area contributed by atoms with Crippen molar-refractivity contribution in [3.05, 3.63) is 63.9 Å². The van der Waals surface area contributed by atoms with Crippen molar-refractivity contribution >= 4 is 5.78 Å². The number of methoxy groups -OCH3 is 1. The van der Waals surface area contributed by atoms with Crippen LogP contribution in [0, 0.1) is 6.92 Å². The summed E-state index contributed by atoms with van der Waals surface area (Å²) in [7, 11) is 1.67. The van der Waals surface area contributed by atoms with Crippen LogP contribution < -0.4 is 14.2 Å². The Morgan fingerprint density at radius 1 is 1.21 bits per heavy atom. The molecule has 28 heavy (non-hydrogen) atoms. The summed E-state index contributed by atoms with van der Waals surface area (Å²) in [6.07, 6.45) is 0.912. The van der Waals surface area contributed by atoms with Crippen molar-refractivity contribution in [2.24, 2.45) is 0 Å². The smallest absolute Gasteiger partial charge is 0.232 e. The first-order valence-corrected chi connectivity index (χ1v) is 9.52. The fourth-order valence-corrected chi connectivity index (χ4v) is 3.72. The fourth-order valence-electron chi connectivity index (χ4n) is 3.72. The van der Waals surface area contributed by atoms with E-state index >= 15 is 0 Å². The Morgan fingerprint density at radius 3 is 2.64 bits per heavy atom. The molecule has 0 radical (unpaired) electrons.